The number of aryl methyl sites for hydroxylation is 1. The van der Waals surface area contributed by atoms with Gasteiger partial charge in [-0.25, -0.2) is 19.3 Å². The lowest BCUT2D eigenvalue weighted by Crippen LogP contribution is -2.45. The number of piperidine rings is 1. The number of nitrogens with one attached hydrogen (secondary N) is 2. The van der Waals surface area contributed by atoms with E-state index in [9.17, 15) is 24.6 Å². The molecule has 1 fully saturated rings. The van der Waals surface area contributed by atoms with Crippen LogP contribution in [0, 0.1) is 5.92 Å². The number of likely N-dealkylation sites (tertiary alicyclic amines) is 1. The van der Waals surface area contributed by atoms with E-state index in [0.29, 0.717) is 35.8 Å². The molecule has 5 N–H and O–H groups in total. The number of aromatic hydroxyl groups is 2. The van der Waals surface area contributed by atoms with Crippen molar-refractivity contribution in [2.45, 2.75) is 59.4 Å². The number of aliphatic carboxylic acids is 1. The van der Waals surface area contributed by atoms with E-state index in [1.807, 2.05) is 58.2 Å². The zero-order valence-corrected chi connectivity index (χ0v) is 25.0. The van der Waals surface area contributed by atoms with E-state index in [1.54, 1.807) is 11.0 Å². The molecule has 43 heavy (non-hydrogen) atoms. The van der Waals surface area contributed by atoms with Crippen LogP contribution in [0.5, 0.6) is 11.5 Å². The molecule has 12 heteroatoms. The van der Waals surface area contributed by atoms with Crippen LogP contribution in [0.25, 0.3) is 28.0 Å². The summed E-state index contributed by atoms with van der Waals surface area (Å²) in [4.78, 5) is 37.3. The molecule has 1 saturated heterocycles. The van der Waals surface area contributed by atoms with Crippen LogP contribution in [0.3, 0.4) is 0 Å². The van der Waals surface area contributed by atoms with Gasteiger partial charge in [0.05, 0.1) is 11.3 Å². The van der Waals surface area contributed by atoms with Gasteiger partial charge in [-0.3, -0.25) is 4.79 Å². The summed E-state index contributed by atoms with van der Waals surface area (Å²) in [5, 5.41) is 39.6. The van der Waals surface area contributed by atoms with Gasteiger partial charge in [0, 0.05) is 42.8 Å². The lowest BCUT2D eigenvalue weighted by Gasteiger charge is -2.32. The Balaban J connectivity index is 0.00000207. The molecular formula is C31H40N6O6. The summed E-state index contributed by atoms with van der Waals surface area (Å²) in [6.07, 6.45) is 4.68. The standard InChI is InChI=1S/C29H34N6O6.C2H6/c1-17(2)21-14-22(25(37)15-24(21)36)27-31-32-29(41)35(27)20-3-4-23-19(13-20)8-12-33(23)9-5-18-6-10-34(11-7-18)28(40)30-16-26(38)39;1-2/h3-4,8,12-15,17-18,36-37H,5-7,9-11,16H2,1-2H3,(H,30,40)(H,32,41)(H,38,39);1-2H3. The molecule has 2 aromatic heterocycles. The molecule has 2 amide bonds. The average Bonchev–Trinajstić information content (AvgIpc) is 3.58. The number of urea groups is 1. The van der Waals surface area contributed by atoms with Crippen molar-refractivity contribution in [2.75, 3.05) is 19.6 Å². The van der Waals surface area contributed by atoms with Crippen LogP contribution in [0.15, 0.2) is 47.4 Å². The van der Waals surface area contributed by atoms with Crippen LogP contribution < -0.4 is 11.0 Å². The number of phenolic OH excluding ortho intramolecular Hbond substituents is 2. The van der Waals surface area contributed by atoms with Gasteiger partial charge in [0.1, 0.15) is 18.0 Å². The summed E-state index contributed by atoms with van der Waals surface area (Å²) in [7, 11) is 0. The first-order valence-corrected chi connectivity index (χ1v) is 14.7. The zero-order valence-electron chi connectivity index (χ0n) is 25.0. The number of fused-ring (bicyclic) bond motifs is 1. The molecule has 0 saturated carbocycles. The van der Waals surface area contributed by atoms with Gasteiger partial charge >= 0.3 is 17.7 Å². The van der Waals surface area contributed by atoms with Gasteiger partial charge in [-0.2, -0.15) is 5.10 Å². The maximum Gasteiger partial charge on any atom is 0.348 e. The number of nitrogens with zero attached hydrogens (tertiary/aromatic N) is 4. The van der Waals surface area contributed by atoms with Crippen LogP contribution in [-0.4, -0.2) is 71.2 Å². The number of amides is 2. The third-order valence-electron chi connectivity index (χ3n) is 7.76. The zero-order chi connectivity index (χ0) is 31.3. The number of hydrogen-bond acceptors (Lipinski definition) is 6. The van der Waals surface area contributed by atoms with Crippen molar-refractivity contribution in [3.63, 3.8) is 0 Å². The first kappa shape index (κ1) is 31.2. The topological polar surface area (TPSA) is 166 Å². The Morgan fingerprint density at radius 2 is 1.79 bits per heavy atom. The fourth-order valence-corrected chi connectivity index (χ4v) is 5.48. The average molecular weight is 593 g/mol. The summed E-state index contributed by atoms with van der Waals surface area (Å²) in [6.45, 7) is 9.48. The van der Waals surface area contributed by atoms with Crippen molar-refractivity contribution in [3.8, 4) is 28.6 Å². The third kappa shape index (κ3) is 6.85. The van der Waals surface area contributed by atoms with E-state index in [-0.39, 0.29) is 35.8 Å². The highest BCUT2D eigenvalue weighted by atomic mass is 16.4. The van der Waals surface area contributed by atoms with Crippen LogP contribution in [-0.2, 0) is 11.3 Å². The second-order valence-electron chi connectivity index (χ2n) is 10.8. The molecule has 0 radical (unpaired) electrons. The maximum absolute atomic E-state index is 12.8. The predicted molar refractivity (Wildman–Crippen MR) is 164 cm³/mol. The smallest absolute Gasteiger partial charge is 0.348 e. The minimum absolute atomic E-state index is 0.000409. The summed E-state index contributed by atoms with van der Waals surface area (Å²) in [5.41, 5.74) is 2.15. The maximum atomic E-state index is 12.8. The number of carbonyl (C=O) groups excluding carboxylic acids is 1. The number of aromatic amines is 1. The Morgan fingerprint density at radius 3 is 2.47 bits per heavy atom. The van der Waals surface area contributed by atoms with Crippen molar-refractivity contribution < 1.29 is 24.9 Å². The van der Waals surface area contributed by atoms with E-state index in [2.05, 4.69) is 20.1 Å². The minimum atomic E-state index is -1.06. The number of hydrogen-bond donors (Lipinski definition) is 5. The molecule has 0 bridgehead atoms. The Kier molecular flexibility index (Phi) is 9.79. The van der Waals surface area contributed by atoms with Crippen LogP contribution in [0.4, 0.5) is 4.79 Å². The van der Waals surface area contributed by atoms with Crippen molar-refractivity contribution in [3.05, 3.63) is 58.6 Å². The number of carboxylic acids is 1. The number of carboxylic acid groups (broad SMARTS) is 1. The SMILES string of the molecule is CC.CC(C)c1cc(-c2n[nH]c(=O)n2-c2ccc3c(ccn3CCC3CCN(C(=O)NCC(=O)O)CC3)c2)c(O)cc1O. The number of rotatable bonds is 8. The van der Waals surface area contributed by atoms with Gasteiger partial charge in [-0.1, -0.05) is 27.7 Å². The highest BCUT2D eigenvalue weighted by molar-refractivity contribution is 5.83. The van der Waals surface area contributed by atoms with Crippen molar-refractivity contribution in [1.29, 1.82) is 0 Å². The van der Waals surface area contributed by atoms with Gasteiger partial charge in [-0.05, 0) is 67.0 Å². The molecule has 0 spiro atoms. The molecule has 5 rings (SSSR count). The normalized spacial score (nSPS) is 13.7. The summed E-state index contributed by atoms with van der Waals surface area (Å²) < 4.78 is 3.58. The summed E-state index contributed by atoms with van der Waals surface area (Å²) in [6, 6.07) is 10.3. The van der Waals surface area contributed by atoms with Gasteiger partial charge in [0.15, 0.2) is 5.82 Å². The molecular weight excluding hydrogens is 552 g/mol. The van der Waals surface area contributed by atoms with Gasteiger partial charge < -0.3 is 30.1 Å². The Labute approximate surface area is 249 Å². The number of aromatic nitrogens is 4. The summed E-state index contributed by atoms with van der Waals surface area (Å²) in [5.74, 6) is -0.549. The molecule has 0 unspecified atom stereocenters. The van der Waals surface area contributed by atoms with E-state index in [0.717, 1.165) is 36.7 Å². The third-order valence-corrected chi connectivity index (χ3v) is 7.76. The quantitative estimate of drug-likeness (QED) is 0.199. The first-order valence-electron chi connectivity index (χ1n) is 14.7. The fourth-order valence-electron chi connectivity index (χ4n) is 5.48. The Bertz CT molecular complexity index is 1640. The molecule has 12 nitrogen and oxygen atoms in total. The lowest BCUT2D eigenvalue weighted by molar-refractivity contribution is -0.135. The Hall–Kier alpha value is -4.74. The van der Waals surface area contributed by atoms with Crippen LogP contribution >= 0.6 is 0 Å². The number of carbonyl (C=O) groups is 2. The highest BCUT2D eigenvalue weighted by Crippen LogP contribution is 2.37. The minimum Gasteiger partial charge on any atom is -0.508 e. The number of H-pyrrole nitrogens is 1. The molecule has 0 atom stereocenters. The van der Waals surface area contributed by atoms with Crippen molar-refractivity contribution in [2.24, 2.45) is 5.92 Å². The number of phenols is 2. The monoisotopic (exact) mass is 592 g/mol. The molecule has 3 heterocycles. The van der Waals surface area contributed by atoms with Crippen LogP contribution in [0.1, 0.15) is 58.4 Å². The molecule has 2 aromatic carbocycles. The van der Waals surface area contributed by atoms with Crippen LogP contribution in [0.2, 0.25) is 0 Å². The lowest BCUT2D eigenvalue weighted by atomic mass is 9.93. The second-order valence-corrected chi connectivity index (χ2v) is 10.8. The van der Waals surface area contributed by atoms with Gasteiger partial charge in [-0.15, -0.1) is 0 Å². The fraction of sp³-hybridized carbons (Fsp3) is 0.419. The second kappa shape index (κ2) is 13.5. The van der Waals surface area contributed by atoms with E-state index < -0.39 is 11.7 Å². The van der Waals surface area contributed by atoms with Gasteiger partial charge in [0.2, 0.25) is 0 Å². The Morgan fingerprint density at radius 1 is 1.07 bits per heavy atom. The first-order chi connectivity index (χ1) is 20.6. The molecule has 0 aliphatic carbocycles. The molecule has 1 aliphatic heterocycles. The molecule has 230 valence electrons. The predicted octanol–water partition coefficient (Wildman–Crippen LogP) is 4.64. The summed E-state index contributed by atoms with van der Waals surface area (Å²) >= 11 is 0. The molecule has 1 aliphatic rings. The van der Waals surface area contributed by atoms with Crippen molar-refractivity contribution in [1.82, 2.24) is 29.5 Å². The van der Waals surface area contributed by atoms with Crippen molar-refractivity contribution >= 4 is 22.9 Å². The van der Waals surface area contributed by atoms with E-state index in [4.69, 9.17) is 5.11 Å². The van der Waals surface area contributed by atoms with E-state index in [1.165, 1.54) is 10.6 Å². The van der Waals surface area contributed by atoms with Gasteiger partial charge in [0.25, 0.3) is 0 Å². The largest absolute Gasteiger partial charge is 0.508 e. The highest BCUT2D eigenvalue weighted by Gasteiger charge is 2.23. The van der Waals surface area contributed by atoms with E-state index >= 15 is 0 Å². The number of benzene rings is 2. The molecule has 4 aromatic rings.